The molecule has 0 bridgehead atoms. The molecule has 12 rings (SSSR count). The normalized spacial score (nSPS) is 10.4. The Morgan fingerprint density at radius 2 is 0.212 bits per heavy atom. The molecule has 0 aliphatic carbocycles. The zero-order valence-electron chi connectivity index (χ0n) is 44.7. The maximum atomic E-state index is 7.62. The SMILES string of the molecule is OCCO.c1ccc(P(c2ccccc2)c2ccccc2)cc1.c1ccc(P(c2ccccc2)c2ccccc2)cc1.c1ccc(P(c2ccccc2)c2ccccc2)cc1.c1ccc(P(c2ccccc2)c2ccccc2)cc1. The van der Waals surface area contributed by atoms with E-state index in [0.29, 0.717) is 0 Å². The van der Waals surface area contributed by atoms with Crippen LogP contribution < -0.4 is 63.7 Å². The van der Waals surface area contributed by atoms with Crippen LogP contribution in [0.5, 0.6) is 0 Å². The van der Waals surface area contributed by atoms with Gasteiger partial charge in [0.2, 0.25) is 0 Å². The number of rotatable bonds is 13. The van der Waals surface area contributed by atoms with Crippen molar-refractivity contribution in [1.82, 2.24) is 0 Å². The van der Waals surface area contributed by atoms with Crippen molar-refractivity contribution >= 4 is 95.3 Å². The molecule has 12 aromatic rings. The van der Waals surface area contributed by atoms with Crippen LogP contribution in [0.4, 0.5) is 0 Å². The van der Waals surface area contributed by atoms with Crippen LogP contribution in [0.3, 0.4) is 0 Å². The van der Waals surface area contributed by atoms with E-state index < -0.39 is 31.7 Å². The van der Waals surface area contributed by atoms with Crippen LogP contribution in [0, 0.1) is 0 Å². The quantitative estimate of drug-likeness (QED) is 0.113. The second kappa shape index (κ2) is 33.7. The summed E-state index contributed by atoms with van der Waals surface area (Å²) in [6.45, 7) is -0.250. The van der Waals surface area contributed by atoms with E-state index in [1.807, 2.05) is 0 Å². The van der Waals surface area contributed by atoms with Crippen molar-refractivity contribution in [3.05, 3.63) is 364 Å². The lowest BCUT2D eigenvalue weighted by molar-refractivity contribution is 0.186. The van der Waals surface area contributed by atoms with E-state index in [-0.39, 0.29) is 13.2 Å². The Kier molecular flexibility index (Phi) is 24.6. The molecule has 0 saturated heterocycles. The molecule has 0 fully saturated rings. The van der Waals surface area contributed by atoms with E-state index in [0.717, 1.165) is 0 Å². The van der Waals surface area contributed by atoms with Crippen molar-refractivity contribution in [3.63, 3.8) is 0 Å². The Morgan fingerprint density at radius 1 is 0.138 bits per heavy atom. The molecule has 0 aliphatic rings. The van der Waals surface area contributed by atoms with Crippen molar-refractivity contribution in [2.75, 3.05) is 13.2 Å². The number of hydrogen-bond acceptors (Lipinski definition) is 2. The smallest absolute Gasteiger partial charge is 0.0662 e. The van der Waals surface area contributed by atoms with Gasteiger partial charge in [-0.1, -0.05) is 364 Å². The van der Waals surface area contributed by atoms with Gasteiger partial charge in [-0.15, -0.1) is 0 Å². The van der Waals surface area contributed by atoms with E-state index in [9.17, 15) is 0 Å². The highest BCUT2D eigenvalue weighted by atomic mass is 31.1. The molecule has 0 aliphatic heterocycles. The van der Waals surface area contributed by atoms with Gasteiger partial charge in [0.25, 0.3) is 0 Å². The Hall–Kier alpha value is -7.72. The Morgan fingerprint density at radius 3 is 0.275 bits per heavy atom. The van der Waals surface area contributed by atoms with Gasteiger partial charge in [0.05, 0.1) is 13.2 Å². The molecule has 2 nitrogen and oxygen atoms in total. The highest BCUT2D eigenvalue weighted by molar-refractivity contribution is 7.81. The number of hydrogen-bond donors (Lipinski definition) is 2. The van der Waals surface area contributed by atoms with Crippen molar-refractivity contribution in [2.45, 2.75) is 0 Å². The van der Waals surface area contributed by atoms with Crippen LogP contribution in [0.25, 0.3) is 0 Å². The Balaban J connectivity index is 0.000000137. The van der Waals surface area contributed by atoms with Crippen LogP contribution in [0.15, 0.2) is 364 Å². The first kappa shape index (κ1) is 58.4. The van der Waals surface area contributed by atoms with Crippen LogP contribution in [-0.4, -0.2) is 23.4 Å². The fraction of sp³-hybridized carbons (Fsp3) is 0.0270. The van der Waals surface area contributed by atoms with E-state index in [2.05, 4.69) is 364 Å². The summed E-state index contributed by atoms with van der Waals surface area (Å²) in [4.78, 5) is 0. The fourth-order valence-corrected chi connectivity index (χ4v) is 17.9. The Bertz CT molecular complexity index is 2620. The summed E-state index contributed by atoms with van der Waals surface area (Å²) < 4.78 is 0. The molecule has 0 radical (unpaired) electrons. The third-order valence-electron chi connectivity index (χ3n) is 12.3. The number of aliphatic hydroxyl groups is 2. The first-order chi connectivity index (χ1) is 39.7. The van der Waals surface area contributed by atoms with Gasteiger partial charge in [0, 0.05) is 0 Å². The van der Waals surface area contributed by atoms with Gasteiger partial charge >= 0.3 is 0 Å². The zero-order valence-corrected chi connectivity index (χ0v) is 48.3. The van der Waals surface area contributed by atoms with Gasteiger partial charge in [-0.3, -0.25) is 0 Å². The largest absolute Gasteiger partial charge is 0.394 e. The van der Waals surface area contributed by atoms with Crippen LogP contribution >= 0.6 is 31.7 Å². The fourth-order valence-electron chi connectivity index (χ4n) is 8.71. The van der Waals surface area contributed by atoms with Crippen molar-refractivity contribution in [2.24, 2.45) is 0 Å². The van der Waals surface area contributed by atoms with E-state index >= 15 is 0 Å². The van der Waals surface area contributed by atoms with Crippen LogP contribution in [0.2, 0.25) is 0 Å². The van der Waals surface area contributed by atoms with Gasteiger partial charge < -0.3 is 10.2 Å². The summed E-state index contributed by atoms with van der Waals surface area (Å²) in [5, 5.41) is 32.0. The highest BCUT2D eigenvalue weighted by Gasteiger charge is 2.18. The molecule has 394 valence electrons. The predicted octanol–water partition coefficient (Wildman–Crippen LogP) is 12.8. The lowest BCUT2D eigenvalue weighted by Gasteiger charge is -2.18. The molecule has 0 atom stereocenters. The first-order valence-corrected chi connectivity index (χ1v) is 32.1. The van der Waals surface area contributed by atoms with Gasteiger partial charge in [-0.05, 0) is 95.3 Å². The highest BCUT2D eigenvalue weighted by Crippen LogP contribution is 2.35. The lowest BCUT2D eigenvalue weighted by atomic mass is 10.4. The van der Waals surface area contributed by atoms with Gasteiger partial charge in [0.1, 0.15) is 0 Å². The minimum atomic E-state index is -0.446. The first-order valence-electron chi connectivity index (χ1n) is 26.7. The summed E-state index contributed by atoms with van der Waals surface area (Å²) in [7, 11) is -1.78. The maximum Gasteiger partial charge on any atom is 0.0662 e. The molecule has 0 heterocycles. The summed E-state index contributed by atoms with van der Waals surface area (Å²) in [5.41, 5.74) is 0. The topological polar surface area (TPSA) is 40.5 Å². The van der Waals surface area contributed by atoms with Crippen LogP contribution in [0.1, 0.15) is 0 Å². The standard InChI is InChI=1S/4C18H15P.C2H6O2/c4*1-4-10-16(11-5-1)19(17-12-6-2-7-13-17)18-14-8-3-9-15-18;3-1-2-4/h4*1-15H;3-4H,1-2H2. The van der Waals surface area contributed by atoms with Crippen LogP contribution in [-0.2, 0) is 0 Å². The van der Waals surface area contributed by atoms with Gasteiger partial charge in [0.15, 0.2) is 0 Å². The summed E-state index contributed by atoms with van der Waals surface area (Å²) in [6, 6.07) is 129. The molecule has 6 heteroatoms. The molecule has 2 N–H and O–H groups in total. The molecule has 0 amide bonds. The third-order valence-corrected chi connectivity index (χ3v) is 22.0. The molecule has 0 saturated carbocycles. The van der Waals surface area contributed by atoms with Gasteiger partial charge in [-0.2, -0.15) is 0 Å². The van der Waals surface area contributed by atoms with E-state index in [1.54, 1.807) is 0 Å². The lowest BCUT2D eigenvalue weighted by Crippen LogP contribution is -2.20. The van der Waals surface area contributed by atoms with Gasteiger partial charge in [-0.25, -0.2) is 0 Å². The molecule has 0 aromatic heterocycles. The average molecular weight is 1110 g/mol. The summed E-state index contributed by atoms with van der Waals surface area (Å²) >= 11 is 0. The summed E-state index contributed by atoms with van der Waals surface area (Å²) in [5.74, 6) is 0. The van der Waals surface area contributed by atoms with E-state index in [4.69, 9.17) is 10.2 Å². The monoisotopic (exact) mass is 1110 g/mol. The van der Waals surface area contributed by atoms with Crippen molar-refractivity contribution in [3.8, 4) is 0 Å². The molecule has 0 unspecified atom stereocenters. The zero-order chi connectivity index (χ0) is 55.1. The van der Waals surface area contributed by atoms with Crippen molar-refractivity contribution < 1.29 is 10.2 Å². The minimum Gasteiger partial charge on any atom is -0.394 e. The molecule has 80 heavy (non-hydrogen) atoms. The second-order valence-electron chi connectivity index (χ2n) is 17.8. The van der Waals surface area contributed by atoms with Crippen molar-refractivity contribution in [1.29, 1.82) is 0 Å². The molecular formula is C74H66O2P4. The predicted molar refractivity (Wildman–Crippen MR) is 355 cm³/mol. The summed E-state index contributed by atoms with van der Waals surface area (Å²) in [6.07, 6.45) is 0. The third kappa shape index (κ3) is 17.9. The second-order valence-corrected chi connectivity index (χ2v) is 26.7. The van der Waals surface area contributed by atoms with E-state index in [1.165, 1.54) is 63.7 Å². The molecule has 12 aromatic carbocycles. The number of benzene rings is 12. The maximum absolute atomic E-state index is 7.62. The molecular weight excluding hydrogens is 1040 g/mol. The molecule has 0 spiro atoms. The number of aliphatic hydroxyl groups excluding tert-OH is 2. The minimum absolute atomic E-state index is 0.125. The Labute approximate surface area is 479 Å². The average Bonchev–Trinajstić information content (AvgIpc) is 3.56.